The van der Waals surface area contributed by atoms with Gasteiger partial charge < -0.3 is 4.57 Å². The van der Waals surface area contributed by atoms with Gasteiger partial charge in [-0.05, 0) is 12.5 Å². The average molecular weight is 331 g/mol. The molecule has 2 aromatic rings. The van der Waals surface area contributed by atoms with Crippen LogP contribution in [-0.4, -0.2) is 9.55 Å². The molecule has 0 aliphatic rings. The first-order chi connectivity index (χ1) is 10.2. The van der Waals surface area contributed by atoms with Gasteiger partial charge in [-0.15, -0.1) is 11.6 Å². The maximum atomic E-state index is 13.7. The van der Waals surface area contributed by atoms with E-state index in [0.29, 0.717) is 11.4 Å². The first-order valence-corrected chi connectivity index (χ1v) is 8.48. The van der Waals surface area contributed by atoms with E-state index in [1.807, 2.05) is 4.57 Å². The van der Waals surface area contributed by atoms with Crippen LogP contribution in [0.3, 0.4) is 0 Å². The minimum atomic E-state index is -0.408. The quantitative estimate of drug-likeness (QED) is 0.433. The highest BCUT2D eigenvalue weighted by Gasteiger charge is 2.12. The summed E-state index contributed by atoms with van der Waals surface area (Å²) in [5, 5.41) is 0.104. The SMILES string of the molecule is CCCCCCCCn1c(CCl)nc2cc(Cl)c(F)cc21. The van der Waals surface area contributed by atoms with Crippen molar-refractivity contribution in [3.05, 3.63) is 28.8 Å². The Bertz CT molecular complexity index is 595. The lowest BCUT2D eigenvalue weighted by Gasteiger charge is -2.08. The Morgan fingerprint density at radius 3 is 2.57 bits per heavy atom. The third-order valence-electron chi connectivity index (χ3n) is 3.72. The number of rotatable bonds is 8. The number of imidazole rings is 1. The molecule has 116 valence electrons. The van der Waals surface area contributed by atoms with E-state index in [4.69, 9.17) is 23.2 Å². The van der Waals surface area contributed by atoms with Crippen LogP contribution in [0.5, 0.6) is 0 Å². The van der Waals surface area contributed by atoms with Crippen LogP contribution in [0.2, 0.25) is 5.02 Å². The summed E-state index contributed by atoms with van der Waals surface area (Å²) in [4.78, 5) is 4.44. The summed E-state index contributed by atoms with van der Waals surface area (Å²) in [6.07, 6.45) is 7.32. The molecule has 0 spiro atoms. The van der Waals surface area contributed by atoms with E-state index in [1.54, 1.807) is 6.07 Å². The zero-order chi connectivity index (χ0) is 15.2. The van der Waals surface area contributed by atoms with E-state index in [1.165, 1.54) is 38.2 Å². The Morgan fingerprint density at radius 1 is 1.14 bits per heavy atom. The van der Waals surface area contributed by atoms with Crippen molar-refractivity contribution in [3.63, 3.8) is 0 Å². The number of fused-ring (bicyclic) bond motifs is 1. The standard InChI is InChI=1S/C16H21Cl2FN2/c1-2-3-4-5-6-7-8-21-15-10-13(19)12(18)9-14(15)20-16(21)11-17/h9-10H,2-8,11H2,1H3. The molecular weight excluding hydrogens is 310 g/mol. The van der Waals surface area contributed by atoms with Crippen LogP contribution in [0.15, 0.2) is 12.1 Å². The maximum Gasteiger partial charge on any atom is 0.144 e. The molecule has 1 aromatic heterocycles. The highest BCUT2D eigenvalue weighted by Crippen LogP contribution is 2.25. The van der Waals surface area contributed by atoms with Crippen LogP contribution in [0, 0.1) is 5.82 Å². The molecule has 0 atom stereocenters. The molecule has 21 heavy (non-hydrogen) atoms. The van der Waals surface area contributed by atoms with Gasteiger partial charge in [0.05, 0.1) is 21.9 Å². The number of hydrogen-bond donors (Lipinski definition) is 0. The fourth-order valence-corrected chi connectivity index (χ4v) is 2.93. The fraction of sp³-hybridized carbons (Fsp3) is 0.562. The molecule has 0 saturated carbocycles. The highest BCUT2D eigenvalue weighted by atomic mass is 35.5. The van der Waals surface area contributed by atoms with E-state index >= 15 is 0 Å². The normalized spacial score (nSPS) is 11.4. The number of hydrogen-bond acceptors (Lipinski definition) is 1. The summed E-state index contributed by atoms with van der Waals surface area (Å²) in [6, 6.07) is 3.03. The molecule has 0 aliphatic carbocycles. The van der Waals surface area contributed by atoms with Crippen molar-refractivity contribution in [2.24, 2.45) is 0 Å². The van der Waals surface area contributed by atoms with E-state index in [2.05, 4.69) is 11.9 Å². The molecule has 5 heteroatoms. The molecule has 2 rings (SSSR count). The Labute approximate surface area is 135 Å². The second-order valence-electron chi connectivity index (χ2n) is 5.34. The van der Waals surface area contributed by atoms with Crippen molar-refractivity contribution in [2.45, 2.75) is 57.9 Å². The molecule has 0 bridgehead atoms. The topological polar surface area (TPSA) is 17.8 Å². The van der Waals surface area contributed by atoms with Gasteiger partial charge in [0.25, 0.3) is 0 Å². The van der Waals surface area contributed by atoms with Gasteiger partial charge in [-0.2, -0.15) is 0 Å². The minimum absolute atomic E-state index is 0.104. The number of aromatic nitrogens is 2. The zero-order valence-corrected chi connectivity index (χ0v) is 13.9. The van der Waals surface area contributed by atoms with E-state index in [-0.39, 0.29) is 5.02 Å². The lowest BCUT2D eigenvalue weighted by atomic mass is 10.1. The molecular formula is C16H21Cl2FN2. The van der Waals surface area contributed by atoms with Crippen LogP contribution in [0.25, 0.3) is 11.0 Å². The highest BCUT2D eigenvalue weighted by molar-refractivity contribution is 6.31. The number of unbranched alkanes of at least 4 members (excludes halogenated alkanes) is 5. The average Bonchev–Trinajstić information content (AvgIpc) is 2.80. The maximum absolute atomic E-state index is 13.7. The van der Waals surface area contributed by atoms with Crippen molar-refractivity contribution in [3.8, 4) is 0 Å². The fourth-order valence-electron chi connectivity index (χ4n) is 2.57. The zero-order valence-electron chi connectivity index (χ0n) is 12.3. The Morgan fingerprint density at radius 2 is 1.86 bits per heavy atom. The number of benzene rings is 1. The van der Waals surface area contributed by atoms with Gasteiger partial charge in [-0.25, -0.2) is 9.37 Å². The second-order valence-corrected chi connectivity index (χ2v) is 6.01. The molecule has 0 amide bonds. The largest absolute Gasteiger partial charge is 0.327 e. The summed E-state index contributed by atoms with van der Waals surface area (Å²) >= 11 is 11.8. The van der Waals surface area contributed by atoms with Crippen LogP contribution in [0.4, 0.5) is 4.39 Å². The van der Waals surface area contributed by atoms with E-state index in [0.717, 1.165) is 24.3 Å². The lowest BCUT2D eigenvalue weighted by molar-refractivity contribution is 0.556. The predicted molar refractivity (Wildman–Crippen MR) is 87.6 cm³/mol. The van der Waals surface area contributed by atoms with Gasteiger partial charge in [0, 0.05) is 12.6 Å². The van der Waals surface area contributed by atoms with Gasteiger partial charge in [-0.1, -0.05) is 50.6 Å². The number of halogens is 3. The van der Waals surface area contributed by atoms with E-state index in [9.17, 15) is 4.39 Å². The Hall–Kier alpha value is -0.800. The summed E-state index contributed by atoms with van der Waals surface area (Å²) in [5.74, 6) is 0.695. The minimum Gasteiger partial charge on any atom is -0.327 e. The number of nitrogens with zero attached hydrogens (tertiary/aromatic N) is 2. The van der Waals surface area contributed by atoms with Gasteiger partial charge in [0.1, 0.15) is 11.6 Å². The van der Waals surface area contributed by atoms with Crippen molar-refractivity contribution < 1.29 is 4.39 Å². The third kappa shape index (κ3) is 4.10. The van der Waals surface area contributed by atoms with Crippen LogP contribution in [0.1, 0.15) is 51.3 Å². The Kier molecular flexibility index (Phi) is 6.31. The van der Waals surface area contributed by atoms with Crippen LogP contribution >= 0.6 is 23.2 Å². The summed E-state index contributed by atoms with van der Waals surface area (Å²) in [7, 11) is 0. The van der Waals surface area contributed by atoms with Gasteiger partial charge in [0.15, 0.2) is 0 Å². The Balaban J connectivity index is 2.08. The summed E-state index contributed by atoms with van der Waals surface area (Å²) in [5.41, 5.74) is 1.49. The number of alkyl halides is 1. The van der Waals surface area contributed by atoms with Crippen LogP contribution < -0.4 is 0 Å². The van der Waals surface area contributed by atoms with Crippen molar-refractivity contribution in [2.75, 3.05) is 0 Å². The first-order valence-electron chi connectivity index (χ1n) is 7.57. The molecule has 1 heterocycles. The molecule has 0 unspecified atom stereocenters. The number of aryl methyl sites for hydroxylation is 1. The first kappa shape index (κ1) is 16.6. The van der Waals surface area contributed by atoms with Crippen LogP contribution in [-0.2, 0) is 12.4 Å². The molecule has 2 nitrogen and oxygen atoms in total. The molecule has 0 radical (unpaired) electrons. The van der Waals surface area contributed by atoms with Crippen molar-refractivity contribution in [1.82, 2.24) is 9.55 Å². The second kappa shape index (κ2) is 8.00. The van der Waals surface area contributed by atoms with Gasteiger partial charge in [0.2, 0.25) is 0 Å². The van der Waals surface area contributed by atoms with Gasteiger partial charge >= 0.3 is 0 Å². The molecule has 0 aliphatic heterocycles. The summed E-state index contributed by atoms with van der Waals surface area (Å²) in [6.45, 7) is 3.04. The van der Waals surface area contributed by atoms with Crippen molar-refractivity contribution >= 4 is 34.2 Å². The van der Waals surface area contributed by atoms with E-state index < -0.39 is 5.82 Å². The molecule has 0 N–H and O–H groups in total. The molecule has 0 saturated heterocycles. The monoisotopic (exact) mass is 330 g/mol. The molecule has 1 aromatic carbocycles. The predicted octanol–water partition coefficient (Wildman–Crippen LogP) is 5.93. The lowest BCUT2D eigenvalue weighted by Crippen LogP contribution is -2.02. The third-order valence-corrected chi connectivity index (χ3v) is 4.25. The smallest absolute Gasteiger partial charge is 0.144 e. The summed E-state index contributed by atoms with van der Waals surface area (Å²) < 4.78 is 15.7. The molecule has 0 fully saturated rings. The van der Waals surface area contributed by atoms with Gasteiger partial charge in [-0.3, -0.25) is 0 Å². The van der Waals surface area contributed by atoms with Crippen molar-refractivity contribution in [1.29, 1.82) is 0 Å².